The minimum Gasteiger partial charge on any atom is -0.372 e. The fourth-order valence-electron chi connectivity index (χ4n) is 1.02. The Balaban J connectivity index is 3.65. The number of nitrogens with zero attached hydrogens (tertiary/aromatic N) is 1. The lowest BCUT2D eigenvalue weighted by molar-refractivity contribution is -0.175. The van der Waals surface area contributed by atoms with E-state index in [9.17, 15) is 18.0 Å². The van der Waals surface area contributed by atoms with E-state index >= 15 is 0 Å². The van der Waals surface area contributed by atoms with Crippen LogP contribution in [0.3, 0.4) is 0 Å². The van der Waals surface area contributed by atoms with Crippen molar-refractivity contribution in [3.05, 3.63) is 0 Å². The number of hydrogen-bond donors (Lipinski definition) is 0. The average molecular weight is 262 g/mol. The number of carbonyl (C=O) groups excluding carboxylic acids is 1. The number of halogens is 4. The van der Waals surface area contributed by atoms with Gasteiger partial charge in [0.15, 0.2) is 0 Å². The van der Waals surface area contributed by atoms with Crippen molar-refractivity contribution in [2.24, 2.45) is 0 Å². The Morgan fingerprint density at radius 2 is 2.06 bits per heavy atom. The summed E-state index contributed by atoms with van der Waals surface area (Å²) in [5.41, 5.74) is 0. The highest BCUT2D eigenvalue weighted by molar-refractivity contribution is 6.20. The van der Waals surface area contributed by atoms with E-state index in [2.05, 4.69) is 4.74 Å². The molecule has 16 heavy (non-hydrogen) atoms. The molecule has 0 N–H and O–H groups in total. The summed E-state index contributed by atoms with van der Waals surface area (Å²) in [7, 11) is 1.55. The smallest absolute Gasteiger partial charge is 0.372 e. The summed E-state index contributed by atoms with van der Waals surface area (Å²) in [6.07, 6.45) is -4.42. The molecule has 96 valence electrons. The number of alkyl halides is 4. The zero-order valence-corrected chi connectivity index (χ0v) is 9.94. The molecule has 0 aliphatic heterocycles. The van der Waals surface area contributed by atoms with Crippen molar-refractivity contribution in [3.8, 4) is 0 Å². The van der Waals surface area contributed by atoms with Crippen LogP contribution >= 0.6 is 11.6 Å². The molecule has 0 aromatic heterocycles. The van der Waals surface area contributed by atoms with Gasteiger partial charge in [0.25, 0.3) is 0 Å². The third-order valence-corrected chi connectivity index (χ3v) is 1.82. The fraction of sp³-hybridized carbons (Fsp3) is 0.889. The first-order valence-electron chi connectivity index (χ1n) is 4.75. The van der Waals surface area contributed by atoms with Crippen molar-refractivity contribution in [2.45, 2.75) is 24.9 Å². The summed E-state index contributed by atoms with van der Waals surface area (Å²) < 4.78 is 39.3. The molecule has 0 aromatic carbocycles. The molecule has 0 aliphatic carbocycles. The third-order valence-electron chi connectivity index (χ3n) is 1.68. The van der Waals surface area contributed by atoms with Crippen LogP contribution in [0.2, 0.25) is 0 Å². The Bertz CT molecular complexity index is 221. The van der Waals surface area contributed by atoms with Crippen molar-refractivity contribution in [1.82, 2.24) is 4.90 Å². The van der Waals surface area contributed by atoms with Gasteiger partial charge in [0.2, 0.25) is 5.91 Å². The molecule has 7 heteroatoms. The Morgan fingerprint density at radius 1 is 1.50 bits per heavy atom. The molecule has 3 nitrogen and oxygen atoms in total. The Labute approximate surface area is 97.5 Å². The molecular weight excluding hydrogens is 247 g/mol. The Kier molecular flexibility index (Phi) is 6.74. The molecule has 0 bridgehead atoms. The Hall–Kier alpha value is -0.490. The summed E-state index contributed by atoms with van der Waals surface area (Å²) in [5, 5.41) is -0.190. The molecule has 0 heterocycles. The van der Waals surface area contributed by atoms with Crippen molar-refractivity contribution in [2.75, 3.05) is 26.8 Å². The summed E-state index contributed by atoms with van der Waals surface area (Å²) in [4.78, 5) is 12.7. The van der Waals surface area contributed by atoms with Crippen LogP contribution in [0.25, 0.3) is 0 Å². The molecule has 0 aliphatic rings. The van der Waals surface area contributed by atoms with E-state index < -0.39 is 12.8 Å². The van der Waals surface area contributed by atoms with Crippen molar-refractivity contribution in [3.63, 3.8) is 0 Å². The maximum Gasteiger partial charge on any atom is 0.411 e. The van der Waals surface area contributed by atoms with Crippen LogP contribution in [0.5, 0.6) is 0 Å². The van der Waals surface area contributed by atoms with Gasteiger partial charge in [-0.1, -0.05) is 0 Å². The van der Waals surface area contributed by atoms with E-state index in [-0.39, 0.29) is 24.3 Å². The molecule has 1 atom stereocenters. The molecule has 0 radical (unpaired) electrons. The second-order valence-corrected chi connectivity index (χ2v) is 4.22. The summed E-state index contributed by atoms with van der Waals surface area (Å²) in [6, 6.07) is 0. The first kappa shape index (κ1) is 15.5. The minimum atomic E-state index is -4.35. The molecule has 0 fully saturated rings. The topological polar surface area (TPSA) is 29.5 Å². The van der Waals surface area contributed by atoms with Crippen LogP contribution < -0.4 is 0 Å². The molecule has 1 unspecified atom stereocenters. The quantitative estimate of drug-likeness (QED) is 0.541. The lowest BCUT2D eigenvalue weighted by Gasteiger charge is -2.18. The number of rotatable bonds is 6. The zero-order valence-electron chi connectivity index (χ0n) is 9.18. The largest absolute Gasteiger partial charge is 0.411 e. The van der Waals surface area contributed by atoms with Gasteiger partial charge in [-0.15, -0.1) is 11.6 Å². The van der Waals surface area contributed by atoms with Crippen molar-refractivity contribution >= 4 is 17.5 Å². The minimum absolute atomic E-state index is 0.0732. The average Bonchev–Trinajstić information content (AvgIpc) is 2.09. The maximum atomic E-state index is 11.7. The van der Waals surface area contributed by atoms with Gasteiger partial charge in [-0.05, 0) is 6.92 Å². The van der Waals surface area contributed by atoms with E-state index in [1.807, 2.05) is 0 Å². The zero-order chi connectivity index (χ0) is 12.8. The highest BCUT2D eigenvalue weighted by Gasteiger charge is 2.27. The molecule has 0 saturated heterocycles. The van der Waals surface area contributed by atoms with E-state index in [1.54, 1.807) is 14.0 Å². The van der Waals surface area contributed by atoms with E-state index in [0.717, 1.165) is 0 Å². The van der Waals surface area contributed by atoms with Gasteiger partial charge >= 0.3 is 6.18 Å². The van der Waals surface area contributed by atoms with Crippen LogP contribution in [0.15, 0.2) is 0 Å². The van der Waals surface area contributed by atoms with Gasteiger partial charge in [-0.3, -0.25) is 4.79 Å². The number of hydrogen-bond acceptors (Lipinski definition) is 2. The number of ether oxygens (including phenoxy) is 1. The predicted molar refractivity (Wildman–Crippen MR) is 54.4 cm³/mol. The molecule has 1 amide bonds. The number of carbonyl (C=O) groups is 1. The van der Waals surface area contributed by atoms with Gasteiger partial charge in [-0.2, -0.15) is 13.2 Å². The lowest BCUT2D eigenvalue weighted by Crippen LogP contribution is -2.32. The van der Waals surface area contributed by atoms with E-state index in [1.165, 1.54) is 4.90 Å². The van der Waals surface area contributed by atoms with Crippen molar-refractivity contribution < 1.29 is 22.7 Å². The third kappa shape index (κ3) is 8.79. The molecule has 0 saturated carbocycles. The van der Waals surface area contributed by atoms with Gasteiger partial charge in [0.1, 0.15) is 6.61 Å². The molecule has 0 aromatic rings. The standard InChI is InChI=1S/C9H15ClF3NO2/c1-7(10)5-14(2)8(15)3-4-16-6-9(11,12)13/h7H,3-6H2,1-2H3. The van der Waals surface area contributed by atoms with E-state index in [4.69, 9.17) is 11.6 Å². The summed E-state index contributed by atoms with van der Waals surface area (Å²) in [6.45, 7) is 0.528. The summed E-state index contributed by atoms with van der Waals surface area (Å²) >= 11 is 5.66. The Morgan fingerprint density at radius 3 is 2.50 bits per heavy atom. The highest BCUT2D eigenvalue weighted by atomic mass is 35.5. The molecular formula is C9H15ClF3NO2. The lowest BCUT2D eigenvalue weighted by atomic mass is 10.3. The summed E-state index contributed by atoms with van der Waals surface area (Å²) in [5.74, 6) is -0.283. The second kappa shape index (κ2) is 6.96. The van der Waals surface area contributed by atoms with Crippen LogP contribution in [0.4, 0.5) is 13.2 Å². The van der Waals surface area contributed by atoms with Gasteiger partial charge in [0.05, 0.1) is 13.0 Å². The maximum absolute atomic E-state index is 11.7. The first-order valence-corrected chi connectivity index (χ1v) is 5.18. The van der Waals surface area contributed by atoms with Crippen LogP contribution in [0.1, 0.15) is 13.3 Å². The highest BCUT2D eigenvalue weighted by Crippen LogP contribution is 2.14. The molecule has 0 rings (SSSR count). The van der Waals surface area contributed by atoms with Crippen LogP contribution in [-0.2, 0) is 9.53 Å². The fourth-order valence-corrected chi connectivity index (χ4v) is 1.22. The number of amides is 1. The van der Waals surface area contributed by atoms with Gasteiger partial charge < -0.3 is 9.64 Å². The predicted octanol–water partition coefficient (Wildman–Crippen LogP) is 2.04. The molecule has 0 spiro atoms. The van der Waals surface area contributed by atoms with Crippen LogP contribution in [0, 0.1) is 0 Å². The SMILES string of the molecule is CC(Cl)CN(C)C(=O)CCOCC(F)(F)F. The first-order chi connectivity index (χ1) is 7.22. The van der Waals surface area contributed by atoms with E-state index in [0.29, 0.717) is 6.54 Å². The van der Waals surface area contributed by atoms with Gasteiger partial charge in [-0.25, -0.2) is 0 Å². The van der Waals surface area contributed by atoms with Gasteiger partial charge in [0, 0.05) is 19.0 Å². The monoisotopic (exact) mass is 261 g/mol. The second-order valence-electron chi connectivity index (χ2n) is 3.47. The van der Waals surface area contributed by atoms with Crippen molar-refractivity contribution in [1.29, 1.82) is 0 Å². The van der Waals surface area contributed by atoms with Crippen LogP contribution in [-0.4, -0.2) is 49.2 Å². The normalized spacial score (nSPS) is 13.6.